The maximum atomic E-state index is 11.8. The number of aromatic nitrogens is 1. The Morgan fingerprint density at radius 3 is 2.94 bits per heavy atom. The van der Waals surface area contributed by atoms with E-state index in [1.54, 1.807) is 14.0 Å². The zero-order chi connectivity index (χ0) is 12.1. The number of carbonyl (C=O) groups is 1. The fraction of sp³-hybridized carbons (Fsp3) is 0.364. The van der Waals surface area contributed by atoms with Crippen LogP contribution in [0.15, 0.2) is 23.3 Å². The molecule has 0 fully saturated rings. The summed E-state index contributed by atoms with van der Waals surface area (Å²) in [5, 5.41) is 8.63. The van der Waals surface area contributed by atoms with Crippen molar-refractivity contribution < 1.29 is 4.79 Å². The predicted molar refractivity (Wildman–Crippen MR) is 58.8 cm³/mol. The minimum atomic E-state index is -0.371. The van der Waals surface area contributed by atoms with Gasteiger partial charge in [-0.2, -0.15) is 5.26 Å². The van der Waals surface area contributed by atoms with Gasteiger partial charge >= 0.3 is 0 Å². The lowest BCUT2D eigenvalue weighted by Gasteiger charge is -2.17. The summed E-state index contributed by atoms with van der Waals surface area (Å²) in [6.07, 6.45) is 2.84. The van der Waals surface area contributed by atoms with Crippen molar-refractivity contribution in [1.82, 2.24) is 9.88 Å². The molecule has 5 heteroatoms. The van der Waals surface area contributed by atoms with Crippen molar-refractivity contribution in [3.63, 3.8) is 0 Å². The molecule has 0 saturated carbocycles. The van der Waals surface area contributed by atoms with Crippen LogP contribution in [0.4, 0.5) is 0 Å². The number of amides is 1. The van der Waals surface area contributed by atoms with E-state index in [1.807, 2.05) is 6.07 Å². The number of hydrogen-bond acceptors (Lipinski definition) is 3. The third-order valence-electron chi connectivity index (χ3n) is 2.17. The van der Waals surface area contributed by atoms with Gasteiger partial charge in [0.25, 0.3) is 5.91 Å². The second kappa shape index (κ2) is 5.12. The topological polar surface area (TPSA) is 77.0 Å². The average molecular weight is 219 g/mol. The van der Waals surface area contributed by atoms with Gasteiger partial charge in [0.2, 0.25) is 0 Å². The number of pyridine rings is 1. The summed E-state index contributed by atoms with van der Waals surface area (Å²) in [5.41, 5.74) is -0.227. The lowest BCUT2D eigenvalue weighted by Crippen LogP contribution is -2.33. The molecule has 1 amide bonds. The van der Waals surface area contributed by atoms with Gasteiger partial charge in [0.1, 0.15) is 5.56 Å². The maximum Gasteiger partial charge on any atom is 0.259 e. The first-order chi connectivity index (χ1) is 7.56. The molecule has 1 atom stereocenters. The summed E-state index contributed by atoms with van der Waals surface area (Å²) >= 11 is 0. The minimum Gasteiger partial charge on any atom is -0.367 e. The molecule has 5 nitrogen and oxygen atoms in total. The van der Waals surface area contributed by atoms with Crippen LogP contribution in [-0.4, -0.2) is 29.4 Å². The molecule has 1 rings (SSSR count). The third-order valence-corrected chi connectivity index (χ3v) is 2.17. The quantitative estimate of drug-likeness (QED) is 0.809. The first kappa shape index (κ1) is 12.0. The van der Waals surface area contributed by atoms with E-state index in [0.717, 1.165) is 0 Å². The molecule has 16 heavy (non-hydrogen) atoms. The lowest BCUT2D eigenvalue weighted by molar-refractivity contribution is 0.0783. The maximum absolute atomic E-state index is 11.8. The lowest BCUT2D eigenvalue weighted by atomic mass is 10.2. The van der Waals surface area contributed by atoms with E-state index in [4.69, 9.17) is 5.26 Å². The van der Waals surface area contributed by atoms with Crippen LogP contribution in [0.2, 0.25) is 0 Å². The minimum absolute atomic E-state index is 0.0927. The van der Waals surface area contributed by atoms with Crippen LogP contribution < -0.4 is 5.43 Å². The zero-order valence-corrected chi connectivity index (χ0v) is 9.23. The Morgan fingerprint density at radius 2 is 2.38 bits per heavy atom. The molecule has 0 aliphatic heterocycles. The Labute approximate surface area is 93.3 Å². The second-order valence-electron chi connectivity index (χ2n) is 3.64. The van der Waals surface area contributed by atoms with E-state index in [1.165, 1.54) is 23.4 Å². The molecular weight excluding hydrogens is 206 g/mol. The number of nitrogens with one attached hydrogen (secondary N) is 1. The zero-order valence-electron chi connectivity index (χ0n) is 9.23. The summed E-state index contributed by atoms with van der Waals surface area (Å²) in [6, 6.07) is 3.34. The Hall–Kier alpha value is -2.09. The van der Waals surface area contributed by atoms with Crippen LogP contribution in [-0.2, 0) is 0 Å². The van der Waals surface area contributed by atoms with E-state index < -0.39 is 0 Å². The van der Waals surface area contributed by atoms with E-state index in [9.17, 15) is 9.59 Å². The molecule has 1 N–H and O–H groups in total. The number of hydrogen-bond donors (Lipinski definition) is 1. The molecule has 84 valence electrons. The molecule has 1 unspecified atom stereocenters. The number of carbonyl (C=O) groups excluding carboxylic acids is 1. The van der Waals surface area contributed by atoms with Gasteiger partial charge in [-0.15, -0.1) is 0 Å². The first-order valence-corrected chi connectivity index (χ1v) is 4.88. The van der Waals surface area contributed by atoms with Crippen LogP contribution >= 0.6 is 0 Å². The number of nitrogens with zero attached hydrogens (tertiary/aromatic N) is 2. The molecule has 0 aliphatic carbocycles. The van der Waals surface area contributed by atoms with E-state index in [0.29, 0.717) is 6.54 Å². The van der Waals surface area contributed by atoms with Crippen LogP contribution in [0.25, 0.3) is 0 Å². The molecule has 0 aromatic carbocycles. The van der Waals surface area contributed by atoms with Crippen LogP contribution in [0.5, 0.6) is 0 Å². The van der Waals surface area contributed by atoms with Crippen molar-refractivity contribution in [3.05, 3.63) is 34.2 Å². The van der Waals surface area contributed by atoms with Crippen molar-refractivity contribution in [1.29, 1.82) is 5.26 Å². The molecule has 0 aliphatic rings. The van der Waals surface area contributed by atoms with Gasteiger partial charge in [0, 0.05) is 32.1 Å². The van der Waals surface area contributed by atoms with Gasteiger partial charge in [0.15, 0.2) is 5.43 Å². The normalized spacial score (nSPS) is 11.6. The summed E-state index contributed by atoms with van der Waals surface area (Å²) in [6.45, 7) is 2.03. The second-order valence-corrected chi connectivity index (χ2v) is 3.64. The number of rotatable bonds is 3. The van der Waals surface area contributed by atoms with Crippen molar-refractivity contribution in [2.75, 3.05) is 13.6 Å². The van der Waals surface area contributed by atoms with E-state index in [-0.39, 0.29) is 22.8 Å². The smallest absolute Gasteiger partial charge is 0.259 e. The van der Waals surface area contributed by atoms with Crippen molar-refractivity contribution in [3.8, 4) is 6.07 Å². The SMILES string of the molecule is CC(C#N)CN(C)C(=O)c1c[nH]ccc1=O. The highest BCUT2D eigenvalue weighted by atomic mass is 16.2. The van der Waals surface area contributed by atoms with Crippen LogP contribution in [0.3, 0.4) is 0 Å². The molecule has 1 aromatic rings. The largest absolute Gasteiger partial charge is 0.367 e. The van der Waals surface area contributed by atoms with Crippen molar-refractivity contribution in [2.45, 2.75) is 6.92 Å². The van der Waals surface area contributed by atoms with Gasteiger partial charge in [-0.3, -0.25) is 9.59 Å². The number of nitriles is 1. The molecule has 0 spiro atoms. The molecule has 0 radical (unpaired) electrons. The van der Waals surface area contributed by atoms with Gasteiger partial charge in [0.05, 0.1) is 12.0 Å². The van der Waals surface area contributed by atoms with Crippen LogP contribution in [0.1, 0.15) is 17.3 Å². The highest BCUT2D eigenvalue weighted by Crippen LogP contribution is 2.00. The summed E-state index contributed by atoms with van der Waals surface area (Å²) in [4.78, 5) is 27.3. The van der Waals surface area contributed by atoms with Gasteiger partial charge in [-0.1, -0.05) is 0 Å². The summed E-state index contributed by atoms with van der Waals surface area (Å²) in [7, 11) is 1.57. The van der Waals surface area contributed by atoms with Crippen molar-refractivity contribution >= 4 is 5.91 Å². The predicted octanol–water partition coefficient (Wildman–Crippen LogP) is 0.607. The Balaban J connectivity index is 2.84. The van der Waals surface area contributed by atoms with E-state index >= 15 is 0 Å². The molecule has 0 bridgehead atoms. The number of aromatic amines is 1. The molecular formula is C11H13N3O2. The van der Waals surface area contributed by atoms with Crippen molar-refractivity contribution in [2.24, 2.45) is 5.92 Å². The fourth-order valence-electron chi connectivity index (χ4n) is 1.32. The highest BCUT2D eigenvalue weighted by Gasteiger charge is 2.16. The summed E-state index contributed by atoms with van der Waals surface area (Å²) < 4.78 is 0. The van der Waals surface area contributed by atoms with Gasteiger partial charge in [-0.25, -0.2) is 0 Å². The number of H-pyrrole nitrogens is 1. The Morgan fingerprint density at radius 1 is 1.69 bits per heavy atom. The third kappa shape index (κ3) is 2.70. The molecule has 0 saturated heterocycles. The monoisotopic (exact) mass is 219 g/mol. The standard InChI is InChI=1S/C11H13N3O2/c1-8(5-12)7-14(2)11(16)9-6-13-4-3-10(9)15/h3-4,6,8H,7H2,1-2H3,(H,13,15). The average Bonchev–Trinajstić information content (AvgIpc) is 2.28. The Bertz CT molecular complexity index is 473. The molecule has 1 heterocycles. The molecule has 1 aromatic heterocycles. The Kier molecular flexibility index (Phi) is 3.84. The highest BCUT2D eigenvalue weighted by molar-refractivity contribution is 5.93. The van der Waals surface area contributed by atoms with E-state index in [2.05, 4.69) is 4.98 Å². The fourth-order valence-corrected chi connectivity index (χ4v) is 1.32. The van der Waals surface area contributed by atoms with Crippen LogP contribution in [0, 0.1) is 17.2 Å². The first-order valence-electron chi connectivity index (χ1n) is 4.88. The van der Waals surface area contributed by atoms with Gasteiger partial charge < -0.3 is 9.88 Å². The van der Waals surface area contributed by atoms with Gasteiger partial charge in [-0.05, 0) is 6.92 Å². The summed E-state index contributed by atoms with van der Waals surface area (Å²) in [5.74, 6) is -0.624.